The van der Waals surface area contributed by atoms with Crippen LogP contribution >= 0.6 is 0 Å². The van der Waals surface area contributed by atoms with Crippen molar-refractivity contribution < 1.29 is 23.1 Å². The summed E-state index contributed by atoms with van der Waals surface area (Å²) in [4.78, 5) is 15.2. The standard InChI is InChI=1S/C13H12F3N3O2/c1-12(2)4-6(11(20)21)7-5-17-9-3-8(13(14,15)16)18-19(9)10(7)12/h3,5-6H,4H2,1-2H3,(H,20,21). The first-order valence-electron chi connectivity index (χ1n) is 6.30. The molecule has 3 rings (SSSR count). The average Bonchev–Trinajstić information content (AvgIpc) is 2.87. The first-order chi connectivity index (χ1) is 9.61. The lowest BCUT2D eigenvalue weighted by atomic mass is 9.89. The van der Waals surface area contributed by atoms with Crippen molar-refractivity contribution in [2.24, 2.45) is 0 Å². The molecule has 0 spiro atoms. The molecule has 2 aromatic heterocycles. The Kier molecular flexibility index (Phi) is 2.61. The smallest absolute Gasteiger partial charge is 0.435 e. The predicted octanol–water partition coefficient (Wildman–Crippen LogP) is 2.60. The Balaban J connectivity index is 2.30. The average molecular weight is 299 g/mol. The Morgan fingerprint density at radius 2 is 2.14 bits per heavy atom. The summed E-state index contributed by atoms with van der Waals surface area (Å²) < 4.78 is 39.5. The number of rotatable bonds is 1. The van der Waals surface area contributed by atoms with Crippen molar-refractivity contribution in [3.05, 3.63) is 29.2 Å². The second kappa shape index (κ2) is 3.96. The highest BCUT2D eigenvalue weighted by Gasteiger charge is 2.44. The molecule has 0 saturated carbocycles. The molecular weight excluding hydrogens is 287 g/mol. The lowest BCUT2D eigenvalue weighted by molar-refractivity contribution is -0.141. The van der Waals surface area contributed by atoms with Crippen molar-refractivity contribution in [1.82, 2.24) is 14.6 Å². The van der Waals surface area contributed by atoms with Gasteiger partial charge < -0.3 is 5.11 Å². The summed E-state index contributed by atoms with van der Waals surface area (Å²) in [6, 6.07) is 0.866. The van der Waals surface area contributed by atoms with E-state index < -0.39 is 29.2 Å². The summed E-state index contributed by atoms with van der Waals surface area (Å²) in [5.74, 6) is -1.78. The molecule has 0 bridgehead atoms. The van der Waals surface area contributed by atoms with E-state index in [1.807, 2.05) is 0 Å². The number of aromatic nitrogens is 3. The molecule has 1 aliphatic rings. The molecule has 112 valence electrons. The molecule has 2 heterocycles. The number of aliphatic carboxylic acids is 1. The fourth-order valence-electron chi connectivity index (χ4n) is 2.96. The Bertz CT molecular complexity index is 749. The van der Waals surface area contributed by atoms with Crippen LogP contribution in [0.25, 0.3) is 5.65 Å². The van der Waals surface area contributed by atoms with Crippen molar-refractivity contribution in [2.45, 2.75) is 37.8 Å². The summed E-state index contributed by atoms with van der Waals surface area (Å²) in [7, 11) is 0. The molecule has 0 amide bonds. The zero-order valence-electron chi connectivity index (χ0n) is 11.3. The van der Waals surface area contributed by atoms with E-state index in [0.29, 0.717) is 17.7 Å². The molecule has 1 N–H and O–H groups in total. The fraction of sp³-hybridized carbons (Fsp3) is 0.462. The van der Waals surface area contributed by atoms with Crippen LogP contribution in [0, 0.1) is 0 Å². The van der Waals surface area contributed by atoms with Gasteiger partial charge in [-0.1, -0.05) is 13.8 Å². The largest absolute Gasteiger partial charge is 0.481 e. The van der Waals surface area contributed by atoms with Crippen LogP contribution in [0.1, 0.15) is 43.1 Å². The van der Waals surface area contributed by atoms with Crippen LogP contribution < -0.4 is 0 Å². The van der Waals surface area contributed by atoms with Crippen molar-refractivity contribution in [2.75, 3.05) is 0 Å². The fourth-order valence-corrected chi connectivity index (χ4v) is 2.96. The Labute approximate surface area is 117 Å². The van der Waals surface area contributed by atoms with E-state index in [4.69, 9.17) is 0 Å². The van der Waals surface area contributed by atoms with Crippen molar-refractivity contribution in [1.29, 1.82) is 0 Å². The molecule has 1 unspecified atom stereocenters. The number of carboxylic acid groups (broad SMARTS) is 1. The van der Waals surface area contributed by atoms with E-state index >= 15 is 0 Å². The minimum Gasteiger partial charge on any atom is -0.481 e. The van der Waals surface area contributed by atoms with Gasteiger partial charge in [0.1, 0.15) is 0 Å². The molecule has 1 atom stereocenters. The van der Waals surface area contributed by atoms with Crippen LogP contribution in [0.3, 0.4) is 0 Å². The highest BCUT2D eigenvalue weighted by atomic mass is 19.4. The van der Waals surface area contributed by atoms with Gasteiger partial charge in [0.05, 0.1) is 11.6 Å². The molecular formula is C13H12F3N3O2. The monoisotopic (exact) mass is 299 g/mol. The van der Waals surface area contributed by atoms with Crippen LogP contribution in [-0.2, 0) is 16.4 Å². The number of carboxylic acids is 1. The van der Waals surface area contributed by atoms with Crippen LogP contribution in [0.2, 0.25) is 0 Å². The molecule has 5 nitrogen and oxygen atoms in total. The summed E-state index contributed by atoms with van der Waals surface area (Å²) in [6.07, 6.45) is -2.91. The lowest BCUT2D eigenvalue weighted by Gasteiger charge is -2.19. The highest BCUT2D eigenvalue weighted by molar-refractivity contribution is 5.78. The van der Waals surface area contributed by atoms with Crippen molar-refractivity contribution >= 4 is 11.6 Å². The van der Waals surface area contributed by atoms with Gasteiger partial charge in [-0.25, -0.2) is 9.50 Å². The minimum absolute atomic E-state index is 0.0696. The Morgan fingerprint density at radius 1 is 1.48 bits per heavy atom. The summed E-state index contributed by atoms with van der Waals surface area (Å²) in [5, 5.41) is 12.8. The second-order valence-corrected chi connectivity index (χ2v) is 5.84. The van der Waals surface area contributed by atoms with Gasteiger partial charge >= 0.3 is 12.1 Å². The number of fused-ring (bicyclic) bond motifs is 3. The molecule has 0 saturated heterocycles. The number of hydrogen-bond acceptors (Lipinski definition) is 3. The van der Waals surface area contributed by atoms with E-state index in [1.165, 1.54) is 6.20 Å². The van der Waals surface area contributed by atoms with Crippen LogP contribution in [0.15, 0.2) is 12.3 Å². The van der Waals surface area contributed by atoms with Gasteiger partial charge in [-0.05, 0) is 6.42 Å². The van der Waals surface area contributed by atoms with E-state index in [-0.39, 0.29) is 5.65 Å². The number of hydrogen-bond donors (Lipinski definition) is 1. The van der Waals surface area contributed by atoms with Gasteiger partial charge in [0, 0.05) is 23.2 Å². The first kappa shape index (κ1) is 13.8. The van der Waals surface area contributed by atoms with Gasteiger partial charge in [-0.15, -0.1) is 0 Å². The first-order valence-corrected chi connectivity index (χ1v) is 6.30. The van der Waals surface area contributed by atoms with Gasteiger partial charge in [0.25, 0.3) is 0 Å². The van der Waals surface area contributed by atoms with Crippen LogP contribution in [-0.4, -0.2) is 25.7 Å². The summed E-state index contributed by atoms with van der Waals surface area (Å²) in [6.45, 7) is 3.59. The normalized spacial score (nSPS) is 20.7. The minimum atomic E-state index is -4.56. The number of halogens is 3. The third-order valence-electron chi connectivity index (χ3n) is 3.83. The van der Waals surface area contributed by atoms with Gasteiger partial charge in [-0.2, -0.15) is 18.3 Å². The van der Waals surface area contributed by atoms with Gasteiger partial charge in [-0.3, -0.25) is 4.79 Å². The van der Waals surface area contributed by atoms with E-state index in [1.54, 1.807) is 13.8 Å². The SMILES string of the molecule is CC1(C)CC(C(=O)O)c2cnc3cc(C(F)(F)F)nn3c21. The zero-order chi connectivity index (χ0) is 15.6. The maximum absolute atomic E-state index is 12.8. The Morgan fingerprint density at radius 3 is 2.71 bits per heavy atom. The highest BCUT2D eigenvalue weighted by Crippen LogP contribution is 2.45. The van der Waals surface area contributed by atoms with Crippen molar-refractivity contribution in [3.8, 4) is 0 Å². The number of alkyl halides is 3. The number of carbonyl (C=O) groups is 1. The summed E-state index contributed by atoms with van der Waals surface area (Å²) >= 11 is 0. The third kappa shape index (κ3) is 1.97. The Hall–Kier alpha value is -2.12. The topological polar surface area (TPSA) is 67.5 Å². The van der Waals surface area contributed by atoms with Gasteiger partial charge in [0.15, 0.2) is 11.3 Å². The third-order valence-corrected chi connectivity index (χ3v) is 3.83. The molecule has 2 aromatic rings. The predicted molar refractivity (Wildman–Crippen MR) is 66.0 cm³/mol. The second-order valence-electron chi connectivity index (χ2n) is 5.84. The number of nitrogens with zero attached hydrogens (tertiary/aromatic N) is 3. The molecule has 8 heteroatoms. The lowest BCUT2D eigenvalue weighted by Crippen LogP contribution is -2.18. The molecule has 0 aliphatic heterocycles. The summed E-state index contributed by atoms with van der Waals surface area (Å²) in [5.41, 5.74) is -0.639. The molecule has 0 aromatic carbocycles. The van der Waals surface area contributed by atoms with Gasteiger partial charge in [0.2, 0.25) is 0 Å². The maximum atomic E-state index is 12.8. The molecule has 21 heavy (non-hydrogen) atoms. The van der Waals surface area contributed by atoms with Crippen LogP contribution in [0.4, 0.5) is 13.2 Å². The van der Waals surface area contributed by atoms with E-state index in [9.17, 15) is 23.1 Å². The van der Waals surface area contributed by atoms with E-state index in [0.717, 1.165) is 10.6 Å². The zero-order valence-corrected chi connectivity index (χ0v) is 11.3. The van der Waals surface area contributed by atoms with E-state index in [2.05, 4.69) is 10.1 Å². The van der Waals surface area contributed by atoms with Crippen LogP contribution in [0.5, 0.6) is 0 Å². The molecule has 0 radical (unpaired) electrons. The molecule has 0 fully saturated rings. The van der Waals surface area contributed by atoms with Crippen molar-refractivity contribution in [3.63, 3.8) is 0 Å². The molecule has 1 aliphatic carbocycles. The maximum Gasteiger partial charge on any atom is 0.435 e. The quantitative estimate of drug-likeness (QED) is 0.879.